The van der Waals surface area contributed by atoms with E-state index in [9.17, 15) is 30.0 Å². The van der Waals surface area contributed by atoms with Crippen molar-refractivity contribution in [1.82, 2.24) is 4.90 Å². The third kappa shape index (κ3) is 3.53. The number of hydrogen-bond acceptors (Lipinski definition) is 9. The molecule has 6 N–H and O–H groups in total. The Morgan fingerprint density at radius 2 is 1.65 bits per heavy atom. The highest BCUT2D eigenvalue weighted by Gasteiger charge is 2.52. The number of nitrogens with zero attached hydrogens (tertiary/aromatic N) is 2. The molecule has 1 aromatic rings. The molecule has 0 saturated carbocycles. The minimum atomic E-state index is -1.07. The van der Waals surface area contributed by atoms with Crippen LogP contribution in [0.3, 0.4) is 0 Å². The van der Waals surface area contributed by atoms with E-state index >= 15 is 0 Å². The fraction of sp³-hybridized carbons (Fsp3) is 0.481. The van der Waals surface area contributed by atoms with Crippen molar-refractivity contribution in [2.75, 3.05) is 44.3 Å². The van der Waals surface area contributed by atoms with E-state index in [2.05, 4.69) is 4.90 Å². The number of aliphatic hydroxyl groups is 3. The largest absolute Gasteiger partial charge is 0.507 e. The number of aliphatic hydroxyl groups excluding tert-OH is 3. The van der Waals surface area contributed by atoms with Crippen molar-refractivity contribution in [1.29, 1.82) is 0 Å². The van der Waals surface area contributed by atoms with E-state index in [0.717, 1.165) is 37.2 Å². The zero-order chi connectivity index (χ0) is 26.0. The molecule has 2 saturated heterocycles. The summed E-state index contributed by atoms with van der Waals surface area (Å²) in [5.41, 5.74) is 7.25. The van der Waals surface area contributed by atoms with Gasteiger partial charge in [0.2, 0.25) is 0 Å². The van der Waals surface area contributed by atoms with Crippen LogP contribution in [-0.4, -0.2) is 82.5 Å². The summed E-state index contributed by atoms with van der Waals surface area (Å²) in [6.45, 7) is 3.54. The van der Waals surface area contributed by atoms with E-state index in [1.807, 2.05) is 11.0 Å². The van der Waals surface area contributed by atoms with Crippen LogP contribution in [0.15, 0.2) is 40.4 Å². The molecule has 2 aliphatic heterocycles. The molecular formula is C27H31N3O7. The van der Waals surface area contributed by atoms with Crippen LogP contribution in [0.25, 0.3) is 5.76 Å². The summed E-state index contributed by atoms with van der Waals surface area (Å²) in [6, 6.07) is 2.62. The first-order chi connectivity index (χ1) is 17.8. The number of benzene rings is 1. The Morgan fingerprint density at radius 3 is 2.32 bits per heavy atom. The average Bonchev–Trinajstić information content (AvgIpc) is 3.39. The summed E-state index contributed by atoms with van der Waals surface area (Å²) in [5, 5.41) is 44.7. The lowest BCUT2D eigenvalue weighted by Gasteiger charge is -2.46. The normalized spacial score (nSPS) is 28.4. The zero-order valence-electron chi connectivity index (χ0n) is 20.4. The molecule has 196 valence electrons. The van der Waals surface area contributed by atoms with Gasteiger partial charge in [-0.15, -0.1) is 0 Å². The molecule has 0 spiro atoms. The lowest BCUT2D eigenvalue weighted by Crippen LogP contribution is -2.56. The number of carbonyl (C=O) groups excluding carboxylic acids is 2. The van der Waals surface area contributed by atoms with Gasteiger partial charge in [0.15, 0.2) is 5.78 Å². The fourth-order valence-electron chi connectivity index (χ4n) is 6.95. The molecule has 6 rings (SSSR count). The Labute approximate surface area is 213 Å². The molecule has 3 aliphatic carbocycles. The first-order valence-corrected chi connectivity index (χ1v) is 12.9. The number of phenols is 1. The number of anilines is 1. The Balaban J connectivity index is 1.53. The van der Waals surface area contributed by atoms with Gasteiger partial charge in [0.1, 0.15) is 28.6 Å². The van der Waals surface area contributed by atoms with Crippen molar-refractivity contribution in [3.63, 3.8) is 0 Å². The van der Waals surface area contributed by atoms with E-state index in [0.29, 0.717) is 39.1 Å². The van der Waals surface area contributed by atoms with Gasteiger partial charge in [-0.1, -0.05) is 0 Å². The number of amides is 1. The van der Waals surface area contributed by atoms with Crippen molar-refractivity contribution in [2.24, 2.45) is 17.6 Å². The Morgan fingerprint density at radius 1 is 0.946 bits per heavy atom. The maximum absolute atomic E-state index is 13.5. The van der Waals surface area contributed by atoms with Gasteiger partial charge in [0, 0.05) is 48.9 Å². The second-order valence-corrected chi connectivity index (χ2v) is 10.5. The van der Waals surface area contributed by atoms with E-state index in [1.165, 1.54) is 0 Å². The summed E-state index contributed by atoms with van der Waals surface area (Å²) >= 11 is 0. The van der Waals surface area contributed by atoms with Crippen LogP contribution in [0.2, 0.25) is 0 Å². The average molecular weight is 510 g/mol. The SMILES string of the molecule is NC(=O)C1=C(O)C2=C(O)C3=C(O)c4c(O)ccc(N5CCCC5)c4C[C@H]3C[C@H]2[C@@H](N2CCOCC2)C1=O. The summed E-state index contributed by atoms with van der Waals surface area (Å²) in [4.78, 5) is 29.9. The van der Waals surface area contributed by atoms with Crippen molar-refractivity contribution in [3.05, 3.63) is 51.5 Å². The van der Waals surface area contributed by atoms with Gasteiger partial charge in [-0.3, -0.25) is 14.5 Å². The van der Waals surface area contributed by atoms with E-state index in [-0.39, 0.29) is 39.9 Å². The summed E-state index contributed by atoms with van der Waals surface area (Å²) in [7, 11) is 0. The number of allylic oxidation sites excluding steroid dienone is 2. The van der Waals surface area contributed by atoms with Gasteiger partial charge in [-0.2, -0.15) is 0 Å². The molecule has 37 heavy (non-hydrogen) atoms. The molecule has 1 aromatic carbocycles. The molecule has 0 bridgehead atoms. The summed E-state index contributed by atoms with van der Waals surface area (Å²) in [5.74, 6) is -3.93. The maximum atomic E-state index is 13.5. The van der Waals surface area contributed by atoms with Crippen LogP contribution in [0.1, 0.15) is 30.4 Å². The van der Waals surface area contributed by atoms with Crippen molar-refractivity contribution < 1.29 is 34.8 Å². The fourth-order valence-corrected chi connectivity index (χ4v) is 6.95. The number of ketones is 1. The number of carbonyl (C=O) groups is 2. The van der Waals surface area contributed by atoms with E-state index < -0.39 is 35.0 Å². The molecule has 0 unspecified atom stereocenters. The third-order valence-corrected chi connectivity index (χ3v) is 8.56. The molecule has 2 heterocycles. The van der Waals surface area contributed by atoms with E-state index in [4.69, 9.17) is 10.5 Å². The molecule has 1 amide bonds. The van der Waals surface area contributed by atoms with Gasteiger partial charge in [0.25, 0.3) is 5.91 Å². The van der Waals surface area contributed by atoms with Crippen LogP contribution in [0.4, 0.5) is 5.69 Å². The molecule has 10 heteroatoms. The topological polar surface area (TPSA) is 157 Å². The lowest BCUT2D eigenvalue weighted by molar-refractivity contribution is -0.128. The van der Waals surface area contributed by atoms with Gasteiger partial charge in [0.05, 0.1) is 24.8 Å². The summed E-state index contributed by atoms with van der Waals surface area (Å²) in [6.07, 6.45) is 2.94. The van der Waals surface area contributed by atoms with Crippen LogP contribution in [0.5, 0.6) is 5.75 Å². The second kappa shape index (κ2) is 8.81. The second-order valence-electron chi connectivity index (χ2n) is 10.5. The van der Waals surface area contributed by atoms with Gasteiger partial charge < -0.3 is 35.8 Å². The van der Waals surface area contributed by atoms with Crippen molar-refractivity contribution in [2.45, 2.75) is 31.7 Å². The predicted octanol–water partition coefficient (Wildman–Crippen LogP) is 1.85. The zero-order valence-corrected chi connectivity index (χ0v) is 20.4. The highest BCUT2D eigenvalue weighted by Crippen LogP contribution is 2.53. The Bertz CT molecular complexity index is 1280. The van der Waals surface area contributed by atoms with Crippen LogP contribution in [-0.2, 0) is 20.7 Å². The number of rotatable bonds is 3. The highest BCUT2D eigenvalue weighted by atomic mass is 16.5. The number of nitrogens with two attached hydrogens (primary N) is 1. The number of Topliss-reactive ketones (excluding diaryl/α,β-unsaturated/α-hetero) is 1. The highest BCUT2D eigenvalue weighted by molar-refractivity contribution is 6.22. The first kappa shape index (κ1) is 23.9. The van der Waals surface area contributed by atoms with Crippen LogP contribution in [0, 0.1) is 11.8 Å². The molecule has 10 nitrogen and oxygen atoms in total. The Hall–Kier alpha value is -3.50. The molecule has 5 aliphatic rings. The summed E-state index contributed by atoms with van der Waals surface area (Å²) < 4.78 is 5.45. The number of morpholine rings is 1. The van der Waals surface area contributed by atoms with Gasteiger partial charge in [-0.25, -0.2) is 0 Å². The van der Waals surface area contributed by atoms with E-state index in [1.54, 1.807) is 6.07 Å². The lowest BCUT2D eigenvalue weighted by atomic mass is 9.64. The third-order valence-electron chi connectivity index (χ3n) is 8.56. The molecule has 0 aromatic heterocycles. The van der Waals surface area contributed by atoms with Gasteiger partial charge in [-0.05, 0) is 49.3 Å². The minimum Gasteiger partial charge on any atom is -0.507 e. The minimum absolute atomic E-state index is 0.0429. The smallest absolute Gasteiger partial charge is 0.256 e. The van der Waals surface area contributed by atoms with Crippen molar-refractivity contribution in [3.8, 4) is 5.75 Å². The van der Waals surface area contributed by atoms with Crippen molar-refractivity contribution >= 4 is 23.1 Å². The quantitative estimate of drug-likeness (QED) is 0.384. The number of ether oxygens (including phenoxy) is 1. The van der Waals surface area contributed by atoms with Gasteiger partial charge >= 0.3 is 0 Å². The maximum Gasteiger partial charge on any atom is 0.256 e. The predicted molar refractivity (Wildman–Crippen MR) is 134 cm³/mol. The molecule has 2 fully saturated rings. The number of primary amides is 1. The Kier molecular flexibility index (Phi) is 5.68. The number of hydrogen-bond donors (Lipinski definition) is 5. The number of phenolic OH excluding ortho intramolecular Hbond substituents is 1. The monoisotopic (exact) mass is 509 g/mol. The molecule has 0 radical (unpaired) electrons. The van der Waals surface area contributed by atoms with Crippen LogP contribution < -0.4 is 10.6 Å². The standard InChI is InChI=1S/C27H31N3O7/c28-27(36)21-25(34)20-15(22(26(21)35)30-7-9-37-10-8-30)12-13-11-14-16(29-5-1-2-6-29)3-4-17(31)19(14)23(32)18(13)24(20)33/h3-4,13,15,22,31-34H,1-2,5-12H2,(H2,28,36)/t13-,15+,22+/m0/s1. The number of aromatic hydroxyl groups is 1. The molecular weight excluding hydrogens is 478 g/mol. The van der Waals surface area contributed by atoms with Crippen LogP contribution >= 0.6 is 0 Å². The number of fused-ring (bicyclic) bond motifs is 3. The first-order valence-electron chi connectivity index (χ1n) is 12.9. The molecule has 3 atom stereocenters.